The van der Waals surface area contributed by atoms with Crippen LogP contribution in [0.3, 0.4) is 0 Å². The van der Waals surface area contributed by atoms with Crippen molar-refractivity contribution in [1.29, 1.82) is 0 Å². The summed E-state index contributed by atoms with van der Waals surface area (Å²) < 4.78 is 5.57. The maximum Gasteiger partial charge on any atom is 0.277 e. The van der Waals surface area contributed by atoms with Crippen LogP contribution in [0.5, 0.6) is 5.75 Å². The van der Waals surface area contributed by atoms with Crippen molar-refractivity contribution in [2.24, 2.45) is 5.10 Å². The summed E-state index contributed by atoms with van der Waals surface area (Å²) in [5.74, 6) is 0.418. The third-order valence-corrected chi connectivity index (χ3v) is 4.24. The fourth-order valence-electron chi connectivity index (χ4n) is 2.69. The highest BCUT2D eigenvalue weighted by Gasteiger charge is 2.07. The quantitative estimate of drug-likeness (QED) is 0.552. The zero-order valence-electron chi connectivity index (χ0n) is 14.6. The number of amides is 1. The van der Waals surface area contributed by atoms with Gasteiger partial charge in [0.05, 0.1) is 6.21 Å². The summed E-state index contributed by atoms with van der Waals surface area (Å²) in [7, 11) is 0. The lowest BCUT2D eigenvalue weighted by Gasteiger charge is -2.09. The number of aryl methyl sites for hydroxylation is 2. The Morgan fingerprint density at radius 2 is 1.96 bits per heavy atom. The molecule has 5 heteroatoms. The van der Waals surface area contributed by atoms with E-state index in [2.05, 4.69) is 15.5 Å². The number of rotatable bonds is 5. The van der Waals surface area contributed by atoms with Gasteiger partial charge in [-0.15, -0.1) is 0 Å². The van der Waals surface area contributed by atoms with Gasteiger partial charge in [0.1, 0.15) is 5.75 Å². The van der Waals surface area contributed by atoms with Crippen molar-refractivity contribution in [2.45, 2.75) is 20.8 Å². The van der Waals surface area contributed by atoms with Crippen LogP contribution in [0.25, 0.3) is 10.9 Å². The number of ether oxygens (including phenoxy) is 1. The van der Waals surface area contributed by atoms with E-state index < -0.39 is 0 Å². The van der Waals surface area contributed by atoms with Gasteiger partial charge in [-0.3, -0.25) is 4.79 Å². The first kappa shape index (κ1) is 16.8. The molecule has 0 unspecified atom stereocenters. The summed E-state index contributed by atoms with van der Waals surface area (Å²) in [6.07, 6.45) is 1.66. The van der Waals surface area contributed by atoms with E-state index in [4.69, 9.17) is 4.74 Å². The van der Waals surface area contributed by atoms with E-state index in [1.54, 1.807) is 6.21 Å². The summed E-state index contributed by atoms with van der Waals surface area (Å²) in [6, 6.07) is 13.8. The van der Waals surface area contributed by atoms with Crippen molar-refractivity contribution in [1.82, 2.24) is 10.4 Å². The molecule has 0 aliphatic rings. The molecule has 3 aromatic rings. The Morgan fingerprint density at radius 3 is 2.80 bits per heavy atom. The van der Waals surface area contributed by atoms with Crippen molar-refractivity contribution in [2.75, 3.05) is 6.61 Å². The molecule has 0 saturated heterocycles. The van der Waals surface area contributed by atoms with Crippen LogP contribution in [0.15, 0.2) is 47.6 Å². The van der Waals surface area contributed by atoms with Gasteiger partial charge in [0.25, 0.3) is 5.91 Å². The molecule has 0 aliphatic heterocycles. The number of hydrazone groups is 1. The second-order valence-electron chi connectivity index (χ2n) is 5.99. The Bertz CT molecular complexity index is 941. The van der Waals surface area contributed by atoms with Gasteiger partial charge in [-0.25, -0.2) is 5.43 Å². The molecule has 0 radical (unpaired) electrons. The van der Waals surface area contributed by atoms with Crippen LogP contribution in [0.1, 0.15) is 22.4 Å². The van der Waals surface area contributed by atoms with Crippen LogP contribution < -0.4 is 10.2 Å². The fraction of sp³-hybridized carbons (Fsp3) is 0.200. The Labute approximate surface area is 146 Å². The predicted molar refractivity (Wildman–Crippen MR) is 100 cm³/mol. The number of fused-ring (bicyclic) bond motifs is 1. The third-order valence-electron chi connectivity index (χ3n) is 4.24. The molecular weight excluding hydrogens is 314 g/mol. The number of benzene rings is 2. The lowest BCUT2D eigenvalue weighted by molar-refractivity contribution is -0.123. The minimum Gasteiger partial charge on any atom is -0.483 e. The normalized spacial score (nSPS) is 11.2. The molecule has 0 atom stereocenters. The van der Waals surface area contributed by atoms with Crippen LogP contribution in [0.4, 0.5) is 0 Å². The van der Waals surface area contributed by atoms with Crippen molar-refractivity contribution in [3.05, 3.63) is 64.8 Å². The van der Waals surface area contributed by atoms with Crippen molar-refractivity contribution in [3.8, 4) is 5.75 Å². The SMILES string of the molecule is Cc1cccc(OCC(=O)NN=Cc2c(C)[nH]c3ccccc23)c1C. The summed E-state index contributed by atoms with van der Waals surface area (Å²) in [5.41, 5.74) is 7.69. The van der Waals surface area contributed by atoms with Crippen LogP contribution >= 0.6 is 0 Å². The van der Waals surface area contributed by atoms with Gasteiger partial charge in [0, 0.05) is 22.2 Å². The summed E-state index contributed by atoms with van der Waals surface area (Å²) in [6.45, 7) is 5.89. The molecule has 3 rings (SSSR count). The molecule has 5 nitrogen and oxygen atoms in total. The number of H-pyrrole nitrogens is 1. The maximum atomic E-state index is 11.9. The zero-order chi connectivity index (χ0) is 17.8. The highest BCUT2D eigenvalue weighted by atomic mass is 16.5. The second-order valence-corrected chi connectivity index (χ2v) is 5.99. The van der Waals surface area contributed by atoms with Crippen molar-refractivity contribution >= 4 is 23.0 Å². The maximum absolute atomic E-state index is 11.9. The summed E-state index contributed by atoms with van der Waals surface area (Å²) in [5, 5.41) is 5.13. The van der Waals surface area contributed by atoms with Gasteiger partial charge in [-0.1, -0.05) is 30.3 Å². The zero-order valence-corrected chi connectivity index (χ0v) is 14.6. The van der Waals surface area contributed by atoms with Gasteiger partial charge in [-0.2, -0.15) is 5.10 Å². The van der Waals surface area contributed by atoms with Crippen molar-refractivity contribution < 1.29 is 9.53 Å². The second kappa shape index (κ2) is 7.21. The standard InChI is InChI=1S/C20H21N3O2/c1-13-7-6-10-19(14(13)2)25-12-20(24)23-21-11-17-15(3)22-18-9-5-4-8-16(17)18/h4-11,22H,12H2,1-3H3,(H,23,24). The molecule has 0 spiro atoms. The first-order valence-electron chi connectivity index (χ1n) is 8.14. The Morgan fingerprint density at radius 1 is 1.16 bits per heavy atom. The third kappa shape index (κ3) is 3.71. The molecule has 2 N–H and O–H groups in total. The predicted octanol–water partition coefficient (Wildman–Crippen LogP) is 3.62. The van der Waals surface area contributed by atoms with E-state index in [0.29, 0.717) is 5.75 Å². The Balaban J connectivity index is 1.61. The number of hydrogen-bond donors (Lipinski definition) is 2. The molecule has 0 saturated carbocycles. The van der Waals surface area contributed by atoms with Crippen LogP contribution in [0, 0.1) is 20.8 Å². The minimum absolute atomic E-state index is 0.0749. The van der Waals surface area contributed by atoms with E-state index in [1.807, 2.05) is 63.2 Å². The first-order chi connectivity index (χ1) is 12.1. The largest absolute Gasteiger partial charge is 0.483 e. The van der Waals surface area contributed by atoms with E-state index in [0.717, 1.165) is 33.3 Å². The topological polar surface area (TPSA) is 66.5 Å². The molecule has 2 aromatic carbocycles. The summed E-state index contributed by atoms with van der Waals surface area (Å²) >= 11 is 0. The molecule has 1 amide bonds. The van der Waals surface area contributed by atoms with Gasteiger partial charge >= 0.3 is 0 Å². The molecule has 0 fully saturated rings. The lowest BCUT2D eigenvalue weighted by atomic mass is 10.1. The first-order valence-corrected chi connectivity index (χ1v) is 8.14. The number of aromatic amines is 1. The number of aromatic nitrogens is 1. The highest BCUT2D eigenvalue weighted by Crippen LogP contribution is 2.21. The van der Waals surface area contributed by atoms with E-state index in [-0.39, 0.29) is 12.5 Å². The van der Waals surface area contributed by atoms with Gasteiger partial charge in [-0.05, 0) is 44.0 Å². The average molecular weight is 335 g/mol. The number of para-hydroxylation sites is 1. The van der Waals surface area contributed by atoms with Crippen LogP contribution in [-0.2, 0) is 4.79 Å². The fourth-order valence-corrected chi connectivity index (χ4v) is 2.69. The van der Waals surface area contributed by atoms with Crippen LogP contribution in [-0.4, -0.2) is 23.7 Å². The van der Waals surface area contributed by atoms with Gasteiger partial charge in [0.15, 0.2) is 6.61 Å². The highest BCUT2D eigenvalue weighted by molar-refractivity contribution is 6.00. The molecular formula is C20H21N3O2. The molecule has 25 heavy (non-hydrogen) atoms. The smallest absolute Gasteiger partial charge is 0.277 e. The monoisotopic (exact) mass is 335 g/mol. The van der Waals surface area contributed by atoms with Gasteiger partial charge in [0.2, 0.25) is 0 Å². The minimum atomic E-state index is -0.297. The Hall–Kier alpha value is -3.08. The van der Waals surface area contributed by atoms with E-state index in [9.17, 15) is 4.79 Å². The van der Waals surface area contributed by atoms with E-state index >= 15 is 0 Å². The number of carbonyl (C=O) groups excluding carboxylic acids is 1. The lowest BCUT2D eigenvalue weighted by Crippen LogP contribution is -2.24. The molecule has 128 valence electrons. The molecule has 1 heterocycles. The Kier molecular flexibility index (Phi) is 4.84. The summed E-state index contributed by atoms with van der Waals surface area (Å²) in [4.78, 5) is 15.2. The van der Waals surface area contributed by atoms with Gasteiger partial charge < -0.3 is 9.72 Å². The van der Waals surface area contributed by atoms with E-state index in [1.165, 1.54) is 0 Å². The number of nitrogens with zero attached hydrogens (tertiary/aromatic N) is 1. The number of nitrogens with one attached hydrogen (secondary N) is 2. The molecule has 1 aromatic heterocycles. The number of hydrogen-bond acceptors (Lipinski definition) is 3. The molecule has 0 bridgehead atoms. The average Bonchev–Trinajstić information content (AvgIpc) is 2.92. The molecule has 0 aliphatic carbocycles. The number of carbonyl (C=O) groups is 1. The van der Waals surface area contributed by atoms with Crippen molar-refractivity contribution in [3.63, 3.8) is 0 Å². The van der Waals surface area contributed by atoms with Crippen LogP contribution in [0.2, 0.25) is 0 Å².